The Kier molecular flexibility index (Phi) is 4.38. The molecule has 7 heteroatoms. The van der Waals surface area contributed by atoms with E-state index < -0.39 is 5.76 Å². The Labute approximate surface area is 136 Å². The number of nitrogens with zero attached hydrogens (tertiary/aromatic N) is 3. The van der Waals surface area contributed by atoms with Gasteiger partial charge < -0.3 is 9.15 Å². The molecule has 0 amide bonds. The van der Waals surface area contributed by atoms with Gasteiger partial charge in [-0.25, -0.2) is 9.18 Å². The smallest absolute Gasteiger partial charge is 0.437 e. The minimum atomic E-state index is -0.613. The number of ether oxygens (including phenoxy) is 1. The average Bonchev–Trinajstić information content (AvgIpc) is 2.97. The molecule has 0 aliphatic rings. The molecule has 120 valence electrons. The zero-order chi connectivity index (χ0) is 16.9. The van der Waals surface area contributed by atoms with E-state index in [0.29, 0.717) is 16.9 Å². The topological polar surface area (TPSA) is 81.0 Å². The standard InChI is InChI=1S/C17H12FN3O3/c18-14-5-3-13(4-6-14)16-20-21(17(22)24-16)9-10-23-15-7-1-12(11-19)2-8-15/h1-8H,9-10H2. The minimum Gasteiger partial charge on any atom is -0.492 e. The summed E-state index contributed by atoms with van der Waals surface area (Å²) in [6.07, 6.45) is 0. The van der Waals surface area contributed by atoms with Crippen LogP contribution in [-0.4, -0.2) is 16.4 Å². The van der Waals surface area contributed by atoms with Crippen LogP contribution in [-0.2, 0) is 6.54 Å². The quantitative estimate of drug-likeness (QED) is 0.720. The number of nitriles is 1. The van der Waals surface area contributed by atoms with Crippen LogP contribution in [0.25, 0.3) is 11.5 Å². The van der Waals surface area contributed by atoms with Crippen molar-refractivity contribution in [2.45, 2.75) is 6.54 Å². The van der Waals surface area contributed by atoms with Gasteiger partial charge in [0.1, 0.15) is 18.2 Å². The number of aromatic nitrogens is 2. The normalized spacial score (nSPS) is 10.3. The van der Waals surface area contributed by atoms with Gasteiger partial charge in [0, 0.05) is 5.56 Å². The first kappa shape index (κ1) is 15.5. The highest BCUT2D eigenvalue weighted by atomic mass is 19.1. The van der Waals surface area contributed by atoms with Crippen LogP contribution in [0.5, 0.6) is 5.75 Å². The van der Waals surface area contributed by atoms with Crippen molar-refractivity contribution < 1.29 is 13.5 Å². The molecule has 0 aliphatic carbocycles. The highest BCUT2D eigenvalue weighted by molar-refractivity contribution is 5.51. The van der Waals surface area contributed by atoms with E-state index in [4.69, 9.17) is 14.4 Å². The monoisotopic (exact) mass is 325 g/mol. The highest BCUT2D eigenvalue weighted by Gasteiger charge is 2.10. The van der Waals surface area contributed by atoms with Crippen LogP contribution in [0.2, 0.25) is 0 Å². The van der Waals surface area contributed by atoms with Gasteiger partial charge in [0.25, 0.3) is 0 Å². The van der Waals surface area contributed by atoms with Crippen LogP contribution in [0.4, 0.5) is 4.39 Å². The molecular formula is C17H12FN3O3. The molecule has 0 saturated heterocycles. The van der Waals surface area contributed by atoms with Crippen molar-refractivity contribution in [3.05, 3.63) is 70.5 Å². The Balaban J connectivity index is 1.64. The van der Waals surface area contributed by atoms with Gasteiger partial charge in [0.2, 0.25) is 5.89 Å². The van der Waals surface area contributed by atoms with E-state index in [-0.39, 0.29) is 24.9 Å². The van der Waals surface area contributed by atoms with E-state index in [0.717, 1.165) is 4.68 Å². The summed E-state index contributed by atoms with van der Waals surface area (Å²) >= 11 is 0. The molecule has 2 aromatic carbocycles. The first-order valence-electron chi connectivity index (χ1n) is 7.12. The van der Waals surface area contributed by atoms with Crippen molar-refractivity contribution in [2.75, 3.05) is 6.61 Å². The molecule has 0 bridgehead atoms. The predicted octanol–water partition coefficient (Wildman–Crippen LogP) is 2.59. The van der Waals surface area contributed by atoms with Crippen LogP contribution in [0.3, 0.4) is 0 Å². The Hall–Kier alpha value is -3.40. The number of rotatable bonds is 5. The molecule has 0 aliphatic heterocycles. The molecule has 3 rings (SSSR count). The zero-order valence-electron chi connectivity index (χ0n) is 12.5. The van der Waals surface area contributed by atoms with E-state index in [1.54, 1.807) is 24.3 Å². The van der Waals surface area contributed by atoms with E-state index in [2.05, 4.69) is 5.10 Å². The minimum absolute atomic E-state index is 0.123. The van der Waals surface area contributed by atoms with Crippen LogP contribution in [0.1, 0.15) is 5.56 Å². The maximum absolute atomic E-state index is 12.9. The molecule has 0 fully saturated rings. The summed E-state index contributed by atoms with van der Waals surface area (Å²) in [7, 11) is 0. The molecule has 6 nitrogen and oxygen atoms in total. The number of halogens is 1. The summed E-state index contributed by atoms with van der Waals surface area (Å²) in [5.41, 5.74) is 1.05. The third-order valence-corrected chi connectivity index (χ3v) is 3.25. The van der Waals surface area contributed by atoms with Crippen molar-refractivity contribution in [3.63, 3.8) is 0 Å². The fraction of sp³-hybridized carbons (Fsp3) is 0.118. The van der Waals surface area contributed by atoms with Crippen molar-refractivity contribution >= 4 is 0 Å². The second-order valence-corrected chi connectivity index (χ2v) is 4.89. The average molecular weight is 325 g/mol. The summed E-state index contributed by atoms with van der Waals surface area (Å²) in [6, 6.07) is 14.2. The van der Waals surface area contributed by atoms with Crippen LogP contribution in [0.15, 0.2) is 57.7 Å². The zero-order valence-corrected chi connectivity index (χ0v) is 12.5. The molecule has 3 aromatic rings. The Morgan fingerprint density at radius 2 is 1.88 bits per heavy atom. The van der Waals surface area contributed by atoms with Gasteiger partial charge in [-0.2, -0.15) is 9.94 Å². The molecule has 1 heterocycles. The molecule has 0 N–H and O–H groups in total. The Morgan fingerprint density at radius 1 is 1.17 bits per heavy atom. The summed E-state index contributed by atoms with van der Waals surface area (Å²) in [5, 5.41) is 12.8. The van der Waals surface area contributed by atoms with Crippen LogP contribution >= 0.6 is 0 Å². The maximum atomic E-state index is 12.9. The first-order valence-corrected chi connectivity index (χ1v) is 7.12. The van der Waals surface area contributed by atoms with E-state index in [1.807, 2.05) is 6.07 Å². The lowest BCUT2D eigenvalue weighted by Crippen LogP contribution is -2.20. The van der Waals surface area contributed by atoms with Crippen molar-refractivity contribution in [1.29, 1.82) is 5.26 Å². The summed E-state index contributed by atoms with van der Waals surface area (Å²) in [5.74, 6) is -0.281. The van der Waals surface area contributed by atoms with E-state index in [1.165, 1.54) is 24.3 Å². The first-order chi connectivity index (χ1) is 11.7. The molecule has 0 spiro atoms. The van der Waals surface area contributed by atoms with Crippen LogP contribution < -0.4 is 10.5 Å². The predicted molar refractivity (Wildman–Crippen MR) is 82.8 cm³/mol. The molecule has 0 radical (unpaired) electrons. The van der Waals surface area contributed by atoms with E-state index >= 15 is 0 Å². The van der Waals surface area contributed by atoms with Crippen molar-refractivity contribution in [1.82, 2.24) is 9.78 Å². The molecule has 1 aromatic heterocycles. The third kappa shape index (κ3) is 3.50. The number of benzene rings is 2. The third-order valence-electron chi connectivity index (χ3n) is 3.25. The van der Waals surface area contributed by atoms with Crippen molar-refractivity contribution in [3.8, 4) is 23.3 Å². The van der Waals surface area contributed by atoms with Gasteiger partial charge in [0.05, 0.1) is 18.2 Å². The Bertz CT molecular complexity index is 921. The molecule has 0 saturated carbocycles. The van der Waals surface area contributed by atoms with E-state index in [9.17, 15) is 9.18 Å². The summed E-state index contributed by atoms with van der Waals surface area (Å²) in [4.78, 5) is 11.8. The number of hydrogen-bond donors (Lipinski definition) is 0. The lowest BCUT2D eigenvalue weighted by molar-refractivity contribution is 0.285. The summed E-state index contributed by atoms with van der Waals surface area (Å²) in [6.45, 7) is 0.407. The van der Waals surface area contributed by atoms with Gasteiger partial charge >= 0.3 is 5.76 Å². The largest absolute Gasteiger partial charge is 0.492 e. The molecule has 0 unspecified atom stereocenters. The SMILES string of the molecule is N#Cc1ccc(OCCn2nc(-c3ccc(F)cc3)oc2=O)cc1. The highest BCUT2D eigenvalue weighted by Crippen LogP contribution is 2.15. The van der Waals surface area contributed by atoms with Crippen molar-refractivity contribution in [2.24, 2.45) is 0 Å². The van der Waals surface area contributed by atoms with Crippen LogP contribution in [0, 0.1) is 17.1 Å². The lowest BCUT2D eigenvalue weighted by Gasteiger charge is -2.04. The van der Waals surface area contributed by atoms with Gasteiger partial charge in [-0.3, -0.25) is 0 Å². The molecule has 0 atom stereocenters. The Morgan fingerprint density at radius 3 is 2.54 bits per heavy atom. The lowest BCUT2D eigenvalue weighted by atomic mass is 10.2. The van der Waals surface area contributed by atoms with Gasteiger partial charge in [-0.15, -0.1) is 5.10 Å². The second kappa shape index (κ2) is 6.79. The number of hydrogen-bond acceptors (Lipinski definition) is 5. The fourth-order valence-electron chi connectivity index (χ4n) is 2.03. The van der Waals surface area contributed by atoms with Gasteiger partial charge in [0.15, 0.2) is 0 Å². The molecular weight excluding hydrogens is 313 g/mol. The fourth-order valence-corrected chi connectivity index (χ4v) is 2.03. The second-order valence-electron chi connectivity index (χ2n) is 4.89. The van der Waals surface area contributed by atoms with Gasteiger partial charge in [-0.05, 0) is 48.5 Å². The summed E-state index contributed by atoms with van der Waals surface area (Å²) < 4.78 is 24.6. The molecule has 24 heavy (non-hydrogen) atoms. The maximum Gasteiger partial charge on any atom is 0.437 e. The van der Waals surface area contributed by atoms with Gasteiger partial charge in [-0.1, -0.05) is 0 Å².